The molecule has 2 atom stereocenters. The second-order valence-electron chi connectivity index (χ2n) is 13.2. The van der Waals surface area contributed by atoms with Crippen LogP contribution in [0.15, 0.2) is 79.1 Å². The molecule has 7 heterocycles. The largest absolute Gasteiger partial charge is 0.477 e. The van der Waals surface area contributed by atoms with Gasteiger partial charge in [-0.15, -0.1) is 9.13 Å². The van der Waals surface area contributed by atoms with Gasteiger partial charge in [-0.2, -0.15) is 0 Å². The second-order valence-corrected chi connectivity index (χ2v) is 13.2. The minimum atomic E-state index is -0.646. The number of ether oxygens (including phenoxy) is 2. The molecule has 5 aromatic rings. The van der Waals surface area contributed by atoms with Crippen molar-refractivity contribution in [3.8, 4) is 22.6 Å². The number of hydrogen-bond acceptors (Lipinski definition) is 6. The fourth-order valence-corrected chi connectivity index (χ4v) is 10.3. The van der Waals surface area contributed by atoms with Crippen molar-refractivity contribution in [1.29, 1.82) is 0 Å². The van der Waals surface area contributed by atoms with Crippen molar-refractivity contribution in [3.05, 3.63) is 118 Å². The first-order chi connectivity index (χ1) is 21.5. The molecule has 6 aliphatic heterocycles. The van der Waals surface area contributed by atoms with Crippen molar-refractivity contribution in [2.24, 2.45) is 0 Å². The van der Waals surface area contributed by atoms with Crippen molar-refractivity contribution >= 4 is 22.7 Å². The minimum Gasteiger partial charge on any atom is -0.477 e. The monoisotopic (exact) mass is 576 g/mol. The van der Waals surface area contributed by atoms with E-state index in [2.05, 4.69) is 130 Å². The molecule has 0 fully saturated rings. The lowest BCUT2D eigenvalue weighted by Crippen LogP contribution is -2.83. The van der Waals surface area contributed by atoms with Crippen LogP contribution >= 0.6 is 0 Å². The second kappa shape index (κ2) is 6.60. The summed E-state index contributed by atoms with van der Waals surface area (Å²) in [5, 5.41) is 7.92. The van der Waals surface area contributed by atoms with Gasteiger partial charge in [-0.1, -0.05) is 24.3 Å². The topological polar surface area (TPSA) is 56.8 Å². The van der Waals surface area contributed by atoms with E-state index in [0.717, 1.165) is 22.9 Å². The van der Waals surface area contributed by atoms with Crippen molar-refractivity contribution in [3.63, 3.8) is 0 Å². The lowest BCUT2D eigenvalue weighted by molar-refractivity contribution is -0.889. The number of benzene rings is 4. The molecule has 0 saturated heterocycles. The van der Waals surface area contributed by atoms with E-state index in [1.807, 2.05) is 0 Å². The Kier molecular flexibility index (Phi) is 3.39. The summed E-state index contributed by atoms with van der Waals surface area (Å²) in [6.07, 6.45) is 4.57. The van der Waals surface area contributed by atoms with E-state index < -0.39 is 16.7 Å². The molecule has 2 spiro atoms. The highest BCUT2D eigenvalue weighted by Gasteiger charge is 2.75. The third-order valence-corrected chi connectivity index (χ3v) is 11.8. The molecule has 2 unspecified atom stereocenters. The number of hydrogen-bond donors (Lipinski definition) is 2. The van der Waals surface area contributed by atoms with Gasteiger partial charge in [0.2, 0.25) is 0 Å². The molecule has 7 aliphatic rings. The predicted molar refractivity (Wildman–Crippen MR) is 163 cm³/mol. The van der Waals surface area contributed by atoms with Crippen molar-refractivity contribution in [2.75, 3.05) is 37.4 Å². The van der Waals surface area contributed by atoms with E-state index in [1.54, 1.807) is 0 Å². The molecule has 8 heteroatoms. The number of nitrogens with zero attached hydrogens (tertiary/aromatic N) is 4. The van der Waals surface area contributed by atoms with E-state index in [1.165, 1.54) is 61.7 Å². The van der Waals surface area contributed by atoms with Gasteiger partial charge in [0.25, 0.3) is 11.3 Å². The summed E-state index contributed by atoms with van der Waals surface area (Å²) in [6, 6.07) is 24.5. The number of fused-ring (bicyclic) bond motifs is 1. The lowest BCUT2D eigenvalue weighted by Gasteiger charge is -2.51. The summed E-state index contributed by atoms with van der Waals surface area (Å²) in [5.41, 5.74) is 13.5. The molecule has 44 heavy (non-hydrogen) atoms. The third kappa shape index (κ3) is 1.91. The number of rotatable bonds is 0. The molecule has 1 aromatic heterocycles. The minimum absolute atomic E-state index is 0.403. The fourth-order valence-electron chi connectivity index (χ4n) is 10.3. The van der Waals surface area contributed by atoms with E-state index in [-0.39, 0.29) is 0 Å². The molecule has 212 valence electrons. The summed E-state index contributed by atoms with van der Waals surface area (Å²) in [5.74, 6) is 3.10. The number of nitrogens with one attached hydrogen (secondary N) is 2. The molecule has 4 aromatic carbocycles. The Morgan fingerprint density at radius 1 is 0.591 bits per heavy atom. The summed E-state index contributed by atoms with van der Waals surface area (Å²) in [7, 11) is 4.39. The first-order valence-electron chi connectivity index (χ1n) is 15.4. The van der Waals surface area contributed by atoms with Gasteiger partial charge in [0.05, 0.1) is 39.9 Å². The average Bonchev–Trinajstić information content (AvgIpc) is 3.33. The molecule has 8 nitrogen and oxygen atoms in total. The van der Waals surface area contributed by atoms with Crippen LogP contribution in [0.2, 0.25) is 0 Å². The standard InChI is InChI=1S/C36H28N6O2/c1-34-27-19-11-13-23-31(27)35(29-21(39(23)2)7-4-9-25(29)43-17-37-35)41-15-6-16-42(33(34)41)36-30-22(8-5-10-26(30)44-18-38-36)40(3)24-14-12-20(19)28(34)32(24)36/h4-16,37-38H,17-18H2,1-3H3/q+2. The first-order valence-corrected chi connectivity index (χ1v) is 15.4. The van der Waals surface area contributed by atoms with E-state index in [9.17, 15) is 0 Å². The van der Waals surface area contributed by atoms with Crippen LogP contribution in [0.4, 0.5) is 22.7 Å². The van der Waals surface area contributed by atoms with E-state index in [0.29, 0.717) is 13.5 Å². The number of aromatic nitrogens is 2. The lowest BCUT2D eigenvalue weighted by atomic mass is 9.63. The fraction of sp³-hybridized carbons (Fsp3) is 0.222. The zero-order chi connectivity index (χ0) is 28.9. The molecule has 0 bridgehead atoms. The van der Waals surface area contributed by atoms with Gasteiger partial charge in [0.1, 0.15) is 36.1 Å². The zero-order valence-corrected chi connectivity index (χ0v) is 24.5. The summed E-state index contributed by atoms with van der Waals surface area (Å²) >= 11 is 0. The quantitative estimate of drug-likeness (QED) is 0.274. The zero-order valence-electron chi connectivity index (χ0n) is 24.5. The molecule has 0 radical (unpaired) electrons. The van der Waals surface area contributed by atoms with Gasteiger partial charge in [0.15, 0.2) is 17.8 Å². The molecular formula is C36H28N6O2+2. The maximum absolute atomic E-state index is 6.34. The normalized spacial score (nSPS) is 27.2. The van der Waals surface area contributed by atoms with Gasteiger partial charge in [-0.3, -0.25) is 0 Å². The van der Waals surface area contributed by atoms with Crippen molar-refractivity contribution < 1.29 is 18.6 Å². The van der Waals surface area contributed by atoms with Crippen LogP contribution in [0, 0.1) is 0 Å². The van der Waals surface area contributed by atoms with Gasteiger partial charge in [-0.25, -0.2) is 10.6 Å². The van der Waals surface area contributed by atoms with E-state index in [4.69, 9.17) is 9.47 Å². The van der Waals surface area contributed by atoms with Crippen molar-refractivity contribution in [1.82, 2.24) is 10.6 Å². The van der Waals surface area contributed by atoms with Gasteiger partial charge in [0, 0.05) is 25.2 Å². The summed E-state index contributed by atoms with van der Waals surface area (Å²) in [6.45, 7) is 3.29. The third-order valence-electron chi connectivity index (χ3n) is 11.8. The van der Waals surface area contributed by atoms with Gasteiger partial charge in [-0.05, 0) is 54.4 Å². The molecule has 12 rings (SSSR count). The highest BCUT2D eigenvalue weighted by atomic mass is 16.5. The Bertz CT molecular complexity index is 2130. The van der Waals surface area contributed by atoms with Crippen molar-refractivity contribution in [2.45, 2.75) is 23.7 Å². The van der Waals surface area contributed by atoms with Gasteiger partial charge < -0.3 is 19.3 Å². The molecule has 2 N–H and O–H groups in total. The maximum atomic E-state index is 6.34. The van der Waals surface area contributed by atoms with Crippen LogP contribution in [0.1, 0.15) is 46.1 Å². The van der Waals surface area contributed by atoms with Crippen LogP contribution < -0.4 is 39.0 Å². The smallest absolute Gasteiger partial charge is 0.437 e. The van der Waals surface area contributed by atoms with Crippen LogP contribution in [-0.2, 0) is 16.7 Å². The van der Waals surface area contributed by atoms with Crippen LogP contribution in [0.5, 0.6) is 11.5 Å². The SMILES string of the molecule is CN1c2cccc3c2C2(NCO3)c3c1ccc1c3C3(C)c4c-1ccc1c4C4(NCOc5cccc(c54)N1C)[n+]1ccc[n+]2c13. The maximum Gasteiger partial charge on any atom is 0.437 e. The molecule has 0 saturated carbocycles. The van der Waals surface area contributed by atoms with Crippen LogP contribution in [-0.4, -0.2) is 27.6 Å². The Morgan fingerprint density at radius 2 is 1.07 bits per heavy atom. The van der Waals surface area contributed by atoms with Gasteiger partial charge >= 0.3 is 5.82 Å². The predicted octanol–water partition coefficient (Wildman–Crippen LogP) is 3.76. The molecule has 0 amide bonds. The average molecular weight is 577 g/mol. The Balaban J connectivity index is 1.36. The molecule has 1 aliphatic carbocycles. The van der Waals surface area contributed by atoms with E-state index >= 15 is 0 Å². The van der Waals surface area contributed by atoms with Crippen LogP contribution in [0.3, 0.4) is 0 Å². The Morgan fingerprint density at radius 3 is 1.57 bits per heavy atom. The highest BCUT2D eigenvalue weighted by Crippen LogP contribution is 2.67. The Labute approximate surface area is 253 Å². The highest BCUT2D eigenvalue weighted by molar-refractivity contribution is 5.95. The summed E-state index contributed by atoms with van der Waals surface area (Å²) < 4.78 is 17.8. The first kappa shape index (κ1) is 22.6. The number of anilines is 4. The Hall–Kier alpha value is -4.92. The van der Waals surface area contributed by atoms with Crippen LogP contribution in [0.25, 0.3) is 11.1 Å². The molecular weight excluding hydrogens is 548 g/mol. The summed E-state index contributed by atoms with van der Waals surface area (Å²) in [4.78, 5) is 4.71.